The zero-order valence-corrected chi connectivity index (χ0v) is 12.0. The summed E-state index contributed by atoms with van der Waals surface area (Å²) in [6.07, 6.45) is -0.201. The molecule has 1 aromatic rings. The molecule has 3 N–H and O–H groups in total. The molecule has 0 bridgehead atoms. The van der Waals surface area contributed by atoms with Gasteiger partial charge in [0, 0.05) is 19.6 Å². The molecule has 108 valence electrons. The summed E-state index contributed by atoms with van der Waals surface area (Å²) in [4.78, 5) is 2.23. The van der Waals surface area contributed by atoms with Crippen LogP contribution in [0.15, 0.2) is 0 Å². The van der Waals surface area contributed by atoms with E-state index in [0.717, 1.165) is 31.1 Å². The van der Waals surface area contributed by atoms with Gasteiger partial charge in [0.2, 0.25) is 0 Å². The second kappa shape index (κ2) is 5.90. The number of nitrogens with zero attached hydrogens (tertiary/aromatic N) is 3. The highest BCUT2D eigenvalue weighted by Crippen LogP contribution is 2.15. The summed E-state index contributed by atoms with van der Waals surface area (Å²) in [5, 5.41) is 14.5. The zero-order chi connectivity index (χ0) is 14.0. The molecule has 1 aliphatic heterocycles. The largest absolute Gasteiger partial charge is 0.396 e. The van der Waals surface area contributed by atoms with Crippen LogP contribution in [-0.2, 0) is 11.3 Å². The van der Waals surface area contributed by atoms with Crippen molar-refractivity contribution >= 4 is 5.69 Å². The predicted molar refractivity (Wildman–Crippen MR) is 74.0 cm³/mol. The number of hydrogen-bond donors (Lipinski definition) is 2. The van der Waals surface area contributed by atoms with E-state index in [1.807, 2.05) is 13.8 Å². The third kappa shape index (κ3) is 3.46. The number of β-amino-alcohol motifs (C(OH)–C–C–N with tert-alkyl or cyclic N) is 1. The van der Waals surface area contributed by atoms with Crippen molar-refractivity contribution in [2.75, 3.05) is 32.0 Å². The predicted octanol–water partition coefficient (Wildman–Crippen LogP) is 0.164. The van der Waals surface area contributed by atoms with E-state index < -0.39 is 6.10 Å². The van der Waals surface area contributed by atoms with Crippen LogP contribution in [0.3, 0.4) is 0 Å². The van der Waals surface area contributed by atoms with E-state index in [0.29, 0.717) is 18.8 Å². The van der Waals surface area contributed by atoms with Gasteiger partial charge in [-0.25, -0.2) is 0 Å². The maximum atomic E-state index is 10.2. The molecule has 1 aliphatic rings. The van der Waals surface area contributed by atoms with Crippen LogP contribution in [0.4, 0.5) is 5.69 Å². The van der Waals surface area contributed by atoms with Crippen molar-refractivity contribution in [3.63, 3.8) is 0 Å². The Hall–Kier alpha value is -1.11. The number of ether oxygens (including phenoxy) is 1. The summed E-state index contributed by atoms with van der Waals surface area (Å²) < 4.78 is 7.28. The molecule has 0 amide bonds. The molecule has 2 heterocycles. The molecule has 1 saturated heterocycles. The number of aryl methyl sites for hydroxylation is 1. The van der Waals surface area contributed by atoms with Crippen LogP contribution in [0.1, 0.15) is 18.3 Å². The van der Waals surface area contributed by atoms with Gasteiger partial charge in [0.25, 0.3) is 0 Å². The van der Waals surface area contributed by atoms with Crippen molar-refractivity contribution in [3.8, 4) is 0 Å². The molecule has 19 heavy (non-hydrogen) atoms. The van der Waals surface area contributed by atoms with Gasteiger partial charge in [-0.05, 0) is 20.8 Å². The second-order valence-corrected chi connectivity index (χ2v) is 5.36. The van der Waals surface area contributed by atoms with Gasteiger partial charge in [0.1, 0.15) is 0 Å². The normalized spacial score (nSPS) is 22.6. The standard InChI is InChI=1S/C13H24N4O2/c1-9-6-16(4-5-19-9)7-12(18)8-17-11(3)13(14)10(2)15-17/h9,12,18H,4-8,14H2,1-3H3. The summed E-state index contributed by atoms with van der Waals surface area (Å²) in [6.45, 7) is 9.48. The van der Waals surface area contributed by atoms with Gasteiger partial charge in [-0.15, -0.1) is 0 Å². The van der Waals surface area contributed by atoms with Crippen molar-refractivity contribution in [1.29, 1.82) is 0 Å². The van der Waals surface area contributed by atoms with Crippen molar-refractivity contribution in [2.45, 2.75) is 39.5 Å². The van der Waals surface area contributed by atoms with Crippen molar-refractivity contribution < 1.29 is 9.84 Å². The molecule has 2 atom stereocenters. The Morgan fingerprint density at radius 3 is 2.79 bits per heavy atom. The highest BCUT2D eigenvalue weighted by molar-refractivity contribution is 5.46. The topological polar surface area (TPSA) is 76.5 Å². The molecule has 0 spiro atoms. The molecular weight excluding hydrogens is 244 g/mol. The van der Waals surface area contributed by atoms with Crippen LogP contribution in [0.5, 0.6) is 0 Å². The fourth-order valence-corrected chi connectivity index (χ4v) is 2.50. The average molecular weight is 268 g/mol. The summed E-state index contributed by atoms with van der Waals surface area (Å²) in [5.41, 5.74) is 8.35. The molecule has 2 unspecified atom stereocenters. The monoisotopic (exact) mass is 268 g/mol. The van der Waals surface area contributed by atoms with E-state index in [4.69, 9.17) is 10.5 Å². The molecule has 0 radical (unpaired) electrons. The summed E-state index contributed by atoms with van der Waals surface area (Å²) in [6, 6.07) is 0. The van der Waals surface area contributed by atoms with Gasteiger partial charge in [0.15, 0.2) is 0 Å². The number of nitrogens with two attached hydrogens (primary N) is 1. The van der Waals surface area contributed by atoms with Crippen LogP contribution in [0, 0.1) is 13.8 Å². The number of nitrogen functional groups attached to an aromatic ring is 1. The van der Waals surface area contributed by atoms with Crippen molar-refractivity contribution in [2.24, 2.45) is 0 Å². The molecule has 6 heteroatoms. The van der Waals surface area contributed by atoms with E-state index in [1.165, 1.54) is 0 Å². The average Bonchev–Trinajstić information content (AvgIpc) is 2.57. The van der Waals surface area contributed by atoms with Crippen LogP contribution in [0.2, 0.25) is 0 Å². The third-order valence-electron chi connectivity index (χ3n) is 3.62. The second-order valence-electron chi connectivity index (χ2n) is 5.36. The third-order valence-corrected chi connectivity index (χ3v) is 3.62. The lowest BCUT2D eigenvalue weighted by molar-refractivity contribution is -0.0335. The lowest BCUT2D eigenvalue weighted by Gasteiger charge is -2.32. The van der Waals surface area contributed by atoms with E-state index in [-0.39, 0.29) is 6.10 Å². The number of rotatable bonds is 4. The van der Waals surface area contributed by atoms with E-state index in [1.54, 1.807) is 4.68 Å². The Labute approximate surface area is 114 Å². The minimum absolute atomic E-state index is 0.241. The lowest BCUT2D eigenvalue weighted by atomic mass is 10.2. The lowest BCUT2D eigenvalue weighted by Crippen LogP contribution is -2.45. The van der Waals surface area contributed by atoms with Gasteiger partial charge in [-0.2, -0.15) is 5.10 Å². The number of aliphatic hydroxyl groups excluding tert-OH is 1. The van der Waals surface area contributed by atoms with Crippen LogP contribution in [0.25, 0.3) is 0 Å². The minimum atomic E-state index is -0.442. The molecule has 0 aliphatic carbocycles. The van der Waals surface area contributed by atoms with E-state index >= 15 is 0 Å². The highest BCUT2D eigenvalue weighted by atomic mass is 16.5. The quantitative estimate of drug-likeness (QED) is 0.813. The number of hydrogen-bond acceptors (Lipinski definition) is 5. The van der Waals surface area contributed by atoms with Gasteiger partial charge in [-0.3, -0.25) is 9.58 Å². The first kappa shape index (κ1) is 14.3. The van der Waals surface area contributed by atoms with Gasteiger partial charge >= 0.3 is 0 Å². The van der Waals surface area contributed by atoms with Gasteiger partial charge < -0.3 is 15.6 Å². The number of anilines is 1. The number of aromatic nitrogens is 2. The fourth-order valence-electron chi connectivity index (χ4n) is 2.50. The van der Waals surface area contributed by atoms with Crippen LogP contribution >= 0.6 is 0 Å². The maximum Gasteiger partial charge on any atom is 0.0862 e. The first-order valence-corrected chi connectivity index (χ1v) is 6.79. The minimum Gasteiger partial charge on any atom is -0.396 e. The molecular formula is C13H24N4O2. The fraction of sp³-hybridized carbons (Fsp3) is 0.769. The molecule has 1 fully saturated rings. The number of morpholine rings is 1. The Balaban J connectivity index is 1.90. The molecule has 0 aromatic carbocycles. The Kier molecular flexibility index (Phi) is 4.44. The maximum absolute atomic E-state index is 10.2. The highest BCUT2D eigenvalue weighted by Gasteiger charge is 2.20. The number of aliphatic hydroxyl groups is 1. The Bertz CT molecular complexity index is 433. The SMILES string of the molecule is Cc1nn(CC(O)CN2CCOC(C)C2)c(C)c1N. The Morgan fingerprint density at radius 1 is 1.47 bits per heavy atom. The first-order chi connectivity index (χ1) is 8.97. The van der Waals surface area contributed by atoms with Crippen LogP contribution in [-0.4, -0.2) is 58.2 Å². The van der Waals surface area contributed by atoms with Crippen molar-refractivity contribution in [1.82, 2.24) is 14.7 Å². The molecule has 6 nitrogen and oxygen atoms in total. The molecule has 2 rings (SSSR count). The van der Waals surface area contributed by atoms with Crippen LogP contribution < -0.4 is 5.73 Å². The van der Waals surface area contributed by atoms with Crippen molar-refractivity contribution in [3.05, 3.63) is 11.4 Å². The summed E-state index contributed by atoms with van der Waals surface area (Å²) in [7, 11) is 0. The van der Waals surface area contributed by atoms with E-state index in [9.17, 15) is 5.11 Å². The van der Waals surface area contributed by atoms with Gasteiger partial charge in [-0.1, -0.05) is 0 Å². The smallest absolute Gasteiger partial charge is 0.0862 e. The van der Waals surface area contributed by atoms with E-state index in [2.05, 4.69) is 16.9 Å². The zero-order valence-electron chi connectivity index (χ0n) is 12.0. The summed E-state index contributed by atoms with van der Waals surface area (Å²) >= 11 is 0. The summed E-state index contributed by atoms with van der Waals surface area (Å²) in [5.74, 6) is 0. The van der Waals surface area contributed by atoms with Gasteiger partial charge in [0.05, 0.1) is 42.4 Å². The first-order valence-electron chi connectivity index (χ1n) is 6.79. The molecule has 1 aromatic heterocycles. The Morgan fingerprint density at radius 2 is 2.21 bits per heavy atom. The molecule has 0 saturated carbocycles.